The molecule has 1 N–H and O–H groups in total. The molecule has 0 aliphatic heterocycles. The van der Waals surface area contributed by atoms with Crippen LogP contribution >= 0.6 is 0 Å². The van der Waals surface area contributed by atoms with Crippen LogP contribution < -0.4 is 9.47 Å². The number of aliphatic carboxylic acids is 1. The van der Waals surface area contributed by atoms with Gasteiger partial charge in [0.15, 0.2) is 11.5 Å². The molecule has 1 aromatic rings. The topological polar surface area (TPSA) is 128 Å². The van der Waals surface area contributed by atoms with Crippen molar-refractivity contribution in [2.75, 3.05) is 46.2 Å². The molecule has 0 aromatic heterocycles. The Kier molecular flexibility index (Phi) is 21.1. The van der Waals surface area contributed by atoms with Gasteiger partial charge in [0.2, 0.25) is 0 Å². The monoisotopic (exact) mass is 578 g/mol. The van der Waals surface area contributed by atoms with Gasteiger partial charge in [0.05, 0.1) is 33.0 Å². The summed E-state index contributed by atoms with van der Waals surface area (Å²) in [5.41, 5.74) is 1.48. The van der Waals surface area contributed by atoms with E-state index in [-0.39, 0.29) is 13.2 Å². The highest BCUT2D eigenvalue weighted by Gasteiger charge is 2.16. The van der Waals surface area contributed by atoms with E-state index < -0.39 is 11.9 Å². The third-order valence-electron chi connectivity index (χ3n) is 5.17. The summed E-state index contributed by atoms with van der Waals surface area (Å²) in [7, 11) is 0. The lowest BCUT2D eigenvalue weighted by Crippen LogP contribution is -2.09. The van der Waals surface area contributed by atoms with E-state index in [0.717, 1.165) is 24.1 Å². The molecule has 0 bridgehead atoms. The van der Waals surface area contributed by atoms with Gasteiger partial charge in [-0.1, -0.05) is 35.9 Å². The van der Waals surface area contributed by atoms with Crippen LogP contribution in [-0.2, 0) is 45.3 Å². The van der Waals surface area contributed by atoms with Gasteiger partial charge in [0.25, 0.3) is 0 Å². The quantitative estimate of drug-likeness (QED) is 0.0362. The van der Waals surface area contributed by atoms with Crippen LogP contribution in [0, 0.1) is 0 Å². The number of hydrogen-bond acceptors (Lipinski definition) is 10. The molecule has 0 saturated carbocycles. The van der Waals surface area contributed by atoms with Crippen LogP contribution in [0.2, 0.25) is 0 Å². The van der Waals surface area contributed by atoms with Crippen LogP contribution in [0.4, 0.5) is 0 Å². The van der Waals surface area contributed by atoms with E-state index in [2.05, 4.69) is 24.8 Å². The number of unbranched alkanes of at least 4 members (excludes halogenated alkanes) is 3. The number of carboxylic acids is 1. The SMILES string of the molecule is C=CCOOCCCCOc1c(CCCCOOOCC=C)ccc(/C=C/C(=O)O)c1OCCCCOC(=O)C=C. The Labute approximate surface area is 241 Å². The number of carbonyl (C=O) groups is 2. The predicted octanol–water partition coefficient (Wildman–Crippen LogP) is 5.35. The first-order valence-electron chi connectivity index (χ1n) is 13.5. The normalized spacial score (nSPS) is 10.8. The maximum Gasteiger partial charge on any atom is 0.330 e. The number of ether oxygens (including phenoxy) is 3. The largest absolute Gasteiger partial charge is 0.489 e. The Balaban J connectivity index is 2.92. The molecule has 0 radical (unpaired) electrons. The molecule has 41 heavy (non-hydrogen) atoms. The zero-order valence-corrected chi connectivity index (χ0v) is 23.6. The number of hydrogen-bond donors (Lipinski definition) is 1. The number of carboxylic acid groups (broad SMARTS) is 1. The predicted molar refractivity (Wildman–Crippen MR) is 152 cm³/mol. The smallest absolute Gasteiger partial charge is 0.330 e. The van der Waals surface area contributed by atoms with Crippen molar-refractivity contribution >= 4 is 18.0 Å². The van der Waals surface area contributed by atoms with Crippen molar-refractivity contribution in [2.24, 2.45) is 0 Å². The van der Waals surface area contributed by atoms with E-state index in [1.165, 1.54) is 6.08 Å². The summed E-state index contributed by atoms with van der Waals surface area (Å²) in [6, 6.07) is 3.70. The summed E-state index contributed by atoms with van der Waals surface area (Å²) < 4.78 is 17.3. The molecule has 1 aromatic carbocycles. The van der Waals surface area contributed by atoms with Gasteiger partial charge in [-0.05, 0) is 56.6 Å². The summed E-state index contributed by atoms with van der Waals surface area (Å²) in [6.45, 7) is 12.7. The first kappa shape index (κ1) is 35.5. The van der Waals surface area contributed by atoms with Crippen molar-refractivity contribution < 1.29 is 53.5 Å². The molecule has 0 unspecified atom stereocenters. The van der Waals surface area contributed by atoms with E-state index in [9.17, 15) is 9.59 Å². The van der Waals surface area contributed by atoms with E-state index in [1.54, 1.807) is 18.2 Å². The molecule has 228 valence electrons. The summed E-state index contributed by atoms with van der Waals surface area (Å²) in [6.07, 6.45) is 11.5. The molecule has 0 amide bonds. The molecule has 11 nitrogen and oxygen atoms in total. The molecule has 0 saturated heterocycles. The Morgan fingerprint density at radius 3 is 2.07 bits per heavy atom. The third kappa shape index (κ3) is 17.7. The van der Waals surface area contributed by atoms with Crippen LogP contribution in [0.25, 0.3) is 6.08 Å². The lowest BCUT2D eigenvalue weighted by molar-refractivity contribution is -0.509. The average molecular weight is 579 g/mol. The van der Waals surface area contributed by atoms with Crippen LogP contribution in [-0.4, -0.2) is 63.3 Å². The Hall–Kier alpha value is -3.48. The third-order valence-corrected chi connectivity index (χ3v) is 5.17. The fourth-order valence-electron chi connectivity index (χ4n) is 3.24. The minimum atomic E-state index is -1.08. The van der Waals surface area contributed by atoms with E-state index in [0.29, 0.717) is 88.6 Å². The van der Waals surface area contributed by atoms with Gasteiger partial charge < -0.3 is 19.3 Å². The first-order valence-corrected chi connectivity index (χ1v) is 13.5. The lowest BCUT2D eigenvalue weighted by atomic mass is 10.0. The minimum absolute atomic E-state index is 0.222. The second-order valence-corrected chi connectivity index (χ2v) is 8.44. The van der Waals surface area contributed by atoms with Gasteiger partial charge >= 0.3 is 11.9 Å². The summed E-state index contributed by atoms with van der Waals surface area (Å²) in [4.78, 5) is 42.2. The van der Waals surface area contributed by atoms with Gasteiger partial charge in [0, 0.05) is 17.7 Å². The Morgan fingerprint density at radius 1 is 0.732 bits per heavy atom. The zero-order chi connectivity index (χ0) is 30.0. The number of esters is 1. The zero-order valence-electron chi connectivity index (χ0n) is 23.6. The maximum absolute atomic E-state index is 11.2. The van der Waals surface area contributed by atoms with E-state index in [1.807, 2.05) is 6.07 Å². The van der Waals surface area contributed by atoms with Crippen molar-refractivity contribution in [3.8, 4) is 11.5 Å². The summed E-state index contributed by atoms with van der Waals surface area (Å²) in [5, 5.41) is 13.8. The molecule has 0 heterocycles. The van der Waals surface area contributed by atoms with Crippen LogP contribution in [0.5, 0.6) is 11.5 Å². The Morgan fingerprint density at radius 2 is 1.37 bits per heavy atom. The standard InChI is InChI=1S/C30H42O11/c1-4-18-37-38-23-12-11-22-35-29-25(13-7-8-24-40-41-39-19-5-2)14-15-26(16-17-27(31)32)30(29)36-21-10-9-20-34-28(33)6-3/h4-6,14-17H,1-3,7-13,18-24H2,(H,31,32)/b17-16+. The second kappa shape index (κ2) is 24.3. The fourth-order valence-corrected chi connectivity index (χ4v) is 3.24. The minimum Gasteiger partial charge on any atom is -0.489 e. The van der Waals surface area contributed by atoms with Crippen molar-refractivity contribution in [3.05, 3.63) is 67.3 Å². The molecular weight excluding hydrogens is 536 g/mol. The van der Waals surface area contributed by atoms with Crippen molar-refractivity contribution in [1.82, 2.24) is 0 Å². The van der Waals surface area contributed by atoms with Crippen LogP contribution in [0.1, 0.15) is 49.7 Å². The number of carbonyl (C=O) groups excluding carboxylic acids is 1. The van der Waals surface area contributed by atoms with Crippen molar-refractivity contribution in [1.29, 1.82) is 0 Å². The second-order valence-electron chi connectivity index (χ2n) is 8.44. The highest BCUT2D eigenvalue weighted by atomic mass is 17.5. The molecule has 0 aliphatic rings. The van der Waals surface area contributed by atoms with Crippen molar-refractivity contribution in [2.45, 2.75) is 44.9 Å². The average Bonchev–Trinajstić information content (AvgIpc) is 2.97. The van der Waals surface area contributed by atoms with Gasteiger partial charge in [-0.2, -0.15) is 0 Å². The van der Waals surface area contributed by atoms with Crippen LogP contribution in [0.3, 0.4) is 0 Å². The molecule has 0 fully saturated rings. The van der Waals surface area contributed by atoms with E-state index in [4.69, 9.17) is 38.9 Å². The van der Waals surface area contributed by atoms with E-state index >= 15 is 0 Å². The molecule has 0 spiro atoms. The fraction of sp³-hybridized carbons (Fsp3) is 0.467. The van der Waals surface area contributed by atoms with Gasteiger partial charge in [0.1, 0.15) is 13.2 Å². The Bertz CT molecular complexity index is 943. The number of benzene rings is 1. The molecule has 11 heteroatoms. The molecule has 0 aliphatic carbocycles. The van der Waals surface area contributed by atoms with Crippen molar-refractivity contribution in [3.63, 3.8) is 0 Å². The lowest BCUT2D eigenvalue weighted by Gasteiger charge is -2.19. The summed E-state index contributed by atoms with van der Waals surface area (Å²) >= 11 is 0. The highest BCUT2D eigenvalue weighted by molar-refractivity contribution is 5.86. The summed E-state index contributed by atoms with van der Waals surface area (Å²) in [5.74, 6) is -0.559. The molecule has 0 atom stereocenters. The highest BCUT2D eigenvalue weighted by Crippen LogP contribution is 2.37. The van der Waals surface area contributed by atoms with Gasteiger partial charge in [-0.3, -0.25) is 0 Å². The molecule has 1 rings (SSSR count). The number of rotatable bonds is 27. The van der Waals surface area contributed by atoms with Gasteiger partial charge in [-0.25, -0.2) is 29.1 Å². The van der Waals surface area contributed by atoms with Gasteiger partial charge in [-0.15, -0.1) is 13.2 Å². The van der Waals surface area contributed by atoms with Crippen LogP contribution in [0.15, 0.2) is 56.2 Å². The first-order chi connectivity index (χ1) is 20.0. The number of aryl methyl sites for hydroxylation is 1. The maximum atomic E-state index is 11.2. The molecular formula is C30H42O11.